The molecule has 10 heteroatoms. The Hall–Kier alpha value is -4.96. The molecule has 0 spiro atoms. The minimum Gasteiger partial charge on any atom is -0.399 e. The number of carbonyl (C=O) groups excluding carboxylic acids is 3. The first-order valence-electron chi connectivity index (χ1n) is 11.1. The molecular formula is C27H20N4O5S. The third-order valence-electron chi connectivity index (χ3n) is 5.70. The highest BCUT2D eigenvalue weighted by molar-refractivity contribution is 7.92. The van der Waals surface area contributed by atoms with Gasteiger partial charge in [-0.2, -0.15) is 0 Å². The van der Waals surface area contributed by atoms with Gasteiger partial charge in [-0.05, 0) is 66.7 Å². The van der Waals surface area contributed by atoms with Crippen molar-refractivity contribution in [1.82, 2.24) is 0 Å². The van der Waals surface area contributed by atoms with Crippen LogP contribution in [0.3, 0.4) is 0 Å². The number of imide groups is 1. The molecule has 4 aromatic carbocycles. The summed E-state index contributed by atoms with van der Waals surface area (Å²) >= 11 is 0. The lowest BCUT2D eigenvalue weighted by molar-refractivity contribution is 0.0924. The lowest BCUT2D eigenvalue weighted by atomic mass is 10.1. The van der Waals surface area contributed by atoms with Gasteiger partial charge < -0.3 is 11.1 Å². The van der Waals surface area contributed by atoms with Crippen LogP contribution in [-0.2, 0) is 10.0 Å². The molecule has 0 aromatic heterocycles. The van der Waals surface area contributed by atoms with Crippen molar-refractivity contribution in [2.45, 2.75) is 4.90 Å². The number of nitrogen functional groups attached to an aromatic ring is 1. The first-order chi connectivity index (χ1) is 17.7. The molecule has 1 heterocycles. The summed E-state index contributed by atoms with van der Waals surface area (Å²) in [5, 5.41) is 2.70. The number of sulfonamides is 1. The molecule has 3 amide bonds. The number of nitrogens with zero attached hydrogens (tertiary/aromatic N) is 1. The zero-order chi connectivity index (χ0) is 26.2. The molecule has 4 N–H and O–H groups in total. The van der Waals surface area contributed by atoms with Gasteiger partial charge in [0.15, 0.2) is 0 Å². The number of anilines is 4. The summed E-state index contributed by atoms with van der Waals surface area (Å²) in [6.07, 6.45) is 0. The number of amides is 3. The molecule has 5 rings (SSSR count). The van der Waals surface area contributed by atoms with Crippen LogP contribution in [0.15, 0.2) is 102 Å². The summed E-state index contributed by atoms with van der Waals surface area (Å²) in [6.45, 7) is 0. The van der Waals surface area contributed by atoms with Gasteiger partial charge in [0, 0.05) is 16.9 Å². The smallest absolute Gasteiger partial charge is 0.266 e. The molecule has 1 aliphatic rings. The summed E-state index contributed by atoms with van der Waals surface area (Å²) in [5.41, 5.74) is 7.52. The van der Waals surface area contributed by atoms with Gasteiger partial charge in [-0.15, -0.1) is 0 Å². The number of nitrogens with two attached hydrogens (primary N) is 1. The van der Waals surface area contributed by atoms with Gasteiger partial charge >= 0.3 is 0 Å². The van der Waals surface area contributed by atoms with E-state index in [9.17, 15) is 22.8 Å². The van der Waals surface area contributed by atoms with Gasteiger partial charge in [0.1, 0.15) is 0 Å². The van der Waals surface area contributed by atoms with E-state index in [1.165, 1.54) is 54.6 Å². The number of nitrogens with one attached hydrogen (secondary N) is 2. The minimum atomic E-state index is -3.86. The summed E-state index contributed by atoms with van der Waals surface area (Å²) in [6, 6.07) is 24.7. The van der Waals surface area contributed by atoms with Crippen molar-refractivity contribution in [2.75, 3.05) is 20.7 Å². The second-order valence-electron chi connectivity index (χ2n) is 8.25. The summed E-state index contributed by atoms with van der Waals surface area (Å²) in [4.78, 5) is 39.9. The Morgan fingerprint density at radius 1 is 0.730 bits per heavy atom. The van der Waals surface area contributed by atoms with E-state index in [1.807, 2.05) is 0 Å². The van der Waals surface area contributed by atoms with Gasteiger partial charge in [0.25, 0.3) is 27.7 Å². The lowest BCUT2D eigenvalue weighted by Crippen LogP contribution is -2.29. The van der Waals surface area contributed by atoms with E-state index in [1.54, 1.807) is 42.5 Å². The minimum absolute atomic E-state index is 0.0777. The highest BCUT2D eigenvalue weighted by Crippen LogP contribution is 2.32. The third-order valence-corrected chi connectivity index (χ3v) is 7.10. The molecule has 0 saturated carbocycles. The van der Waals surface area contributed by atoms with E-state index in [0.29, 0.717) is 16.9 Å². The average Bonchev–Trinajstić information content (AvgIpc) is 3.13. The summed E-state index contributed by atoms with van der Waals surface area (Å²) in [7, 11) is -3.86. The van der Waals surface area contributed by atoms with Crippen molar-refractivity contribution in [3.05, 3.63) is 114 Å². The monoisotopic (exact) mass is 512 g/mol. The Bertz CT molecular complexity index is 1670. The number of carbonyl (C=O) groups is 3. The normalized spacial score (nSPS) is 12.8. The molecule has 0 atom stereocenters. The second-order valence-corrected chi connectivity index (χ2v) is 9.94. The van der Waals surface area contributed by atoms with Crippen LogP contribution in [0, 0.1) is 0 Å². The van der Waals surface area contributed by atoms with E-state index in [4.69, 9.17) is 5.73 Å². The van der Waals surface area contributed by atoms with Crippen LogP contribution in [0.2, 0.25) is 0 Å². The molecule has 0 aliphatic carbocycles. The highest BCUT2D eigenvalue weighted by Gasteiger charge is 2.37. The fourth-order valence-corrected chi connectivity index (χ4v) is 5.03. The summed E-state index contributed by atoms with van der Waals surface area (Å²) in [5.74, 6) is -1.57. The van der Waals surface area contributed by atoms with Crippen molar-refractivity contribution in [3.63, 3.8) is 0 Å². The maximum atomic E-state index is 13.2. The van der Waals surface area contributed by atoms with Crippen molar-refractivity contribution >= 4 is 50.5 Å². The van der Waals surface area contributed by atoms with Crippen LogP contribution in [0.5, 0.6) is 0 Å². The van der Waals surface area contributed by atoms with Gasteiger partial charge in [-0.1, -0.05) is 30.3 Å². The van der Waals surface area contributed by atoms with Crippen LogP contribution >= 0.6 is 0 Å². The van der Waals surface area contributed by atoms with E-state index in [0.717, 1.165) is 4.90 Å². The SMILES string of the molecule is Nc1cccc(C(=O)Nc2ccc3c(c2)C(=O)N(c2cccc(NS(=O)(=O)c4ccccc4)c2)C3=O)c1. The Labute approximate surface area is 212 Å². The van der Waals surface area contributed by atoms with Crippen molar-refractivity contribution in [2.24, 2.45) is 0 Å². The van der Waals surface area contributed by atoms with Crippen LogP contribution in [-0.4, -0.2) is 26.1 Å². The van der Waals surface area contributed by atoms with E-state index >= 15 is 0 Å². The first kappa shape index (κ1) is 23.8. The Kier molecular flexibility index (Phi) is 5.94. The van der Waals surface area contributed by atoms with E-state index in [2.05, 4.69) is 10.0 Å². The van der Waals surface area contributed by atoms with Crippen LogP contribution in [0.25, 0.3) is 0 Å². The number of fused-ring (bicyclic) bond motifs is 1. The molecular weight excluding hydrogens is 492 g/mol. The van der Waals surface area contributed by atoms with Gasteiger partial charge in [0.05, 0.1) is 27.4 Å². The Balaban J connectivity index is 1.39. The van der Waals surface area contributed by atoms with Crippen molar-refractivity contribution in [1.29, 1.82) is 0 Å². The molecule has 0 radical (unpaired) electrons. The molecule has 1 aliphatic heterocycles. The third kappa shape index (κ3) is 4.65. The molecule has 37 heavy (non-hydrogen) atoms. The number of rotatable bonds is 6. The number of benzene rings is 4. The van der Waals surface area contributed by atoms with Crippen molar-refractivity contribution in [3.8, 4) is 0 Å². The number of hydrogen-bond acceptors (Lipinski definition) is 6. The van der Waals surface area contributed by atoms with Crippen LogP contribution in [0.4, 0.5) is 22.7 Å². The predicted molar refractivity (Wildman–Crippen MR) is 140 cm³/mol. The molecule has 0 bridgehead atoms. The topological polar surface area (TPSA) is 139 Å². The van der Waals surface area contributed by atoms with Gasteiger partial charge in [0.2, 0.25) is 0 Å². The quantitative estimate of drug-likeness (QED) is 0.262. The number of hydrogen-bond donors (Lipinski definition) is 3. The van der Waals surface area contributed by atoms with E-state index < -0.39 is 27.7 Å². The Morgan fingerprint density at radius 2 is 1.46 bits per heavy atom. The predicted octanol–water partition coefficient (Wildman–Crippen LogP) is 4.12. The molecule has 184 valence electrons. The molecule has 4 aromatic rings. The summed E-state index contributed by atoms with van der Waals surface area (Å²) < 4.78 is 27.8. The Morgan fingerprint density at radius 3 is 2.22 bits per heavy atom. The average molecular weight is 513 g/mol. The highest BCUT2D eigenvalue weighted by atomic mass is 32.2. The van der Waals surface area contributed by atoms with Gasteiger partial charge in [-0.3, -0.25) is 19.1 Å². The van der Waals surface area contributed by atoms with Crippen LogP contribution in [0.1, 0.15) is 31.1 Å². The van der Waals surface area contributed by atoms with Gasteiger partial charge in [-0.25, -0.2) is 13.3 Å². The van der Waals surface area contributed by atoms with Crippen LogP contribution < -0.4 is 20.7 Å². The van der Waals surface area contributed by atoms with E-state index in [-0.39, 0.29) is 27.4 Å². The zero-order valence-electron chi connectivity index (χ0n) is 19.2. The fraction of sp³-hybridized carbons (Fsp3) is 0. The molecule has 0 saturated heterocycles. The largest absolute Gasteiger partial charge is 0.399 e. The second kappa shape index (κ2) is 9.25. The maximum Gasteiger partial charge on any atom is 0.266 e. The van der Waals surface area contributed by atoms with Crippen molar-refractivity contribution < 1.29 is 22.8 Å². The molecule has 9 nitrogen and oxygen atoms in total. The molecule has 0 fully saturated rings. The molecule has 0 unspecified atom stereocenters. The maximum absolute atomic E-state index is 13.2. The zero-order valence-corrected chi connectivity index (χ0v) is 20.0. The fourth-order valence-electron chi connectivity index (χ4n) is 3.96. The lowest BCUT2D eigenvalue weighted by Gasteiger charge is -2.16. The first-order valence-corrected chi connectivity index (χ1v) is 12.6. The standard InChI is InChI=1S/C27H20N4O5S/c28-18-7-4-6-17(14-18)25(32)29-19-12-13-23-24(16-19)27(34)31(26(23)33)21-9-5-8-20(15-21)30-37(35,36)22-10-2-1-3-11-22/h1-16,30H,28H2,(H,29,32).